The van der Waals surface area contributed by atoms with Crippen LogP contribution in [0.3, 0.4) is 0 Å². The van der Waals surface area contributed by atoms with Crippen molar-refractivity contribution < 1.29 is 9.84 Å². The number of benzene rings is 2. The molecular weight excluding hydrogens is 276 g/mol. The quantitative estimate of drug-likeness (QED) is 0.844. The van der Waals surface area contributed by atoms with Crippen molar-refractivity contribution >= 4 is 5.69 Å². The van der Waals surface area contributed by atoms with Gasteiger partial charge in [-0.2, -0.15) is 5.26 Å². The predicted molar refractivity (Wildman–Crippen MR) is 82.4 cm³/mol. The van der Waals surface area contributed by atoms with E-state index in [1.165, 1.54) is 0 Å². The molecule has 0 spiro atoms. The molecule has 1 saturated heterocycles. The van der Waals surface area contributed by atoms with Gasteiger partial charge in [0, 0.05) is 23.8 Å². The summed E-state index contributed by atoms with van der Waals surface area (Å²) >= 11 is 0. The molecule has 0 bridgehead atoms. The first-order chi connectivity index (χ1) is 10.8. The number of hydrogen-bond acceptors (Lipinski definition) is 4. The molecule has 0 saturated carbocycles. The number of rotatable bonds is 1. The van der Waals surface area contributed by atoms with Gasteiger partial charge in [0.1, 0.15) is 5.75 Å². The summed E-state index contributed by atoms with van der Waals surface area (Å²) in [5.74, 6) is 0.587. The number of phenolic OH excluding ortho intramolecular Hbond substituents is 1. The lowest BCUT2D eigenvalue weighted by molar-refractivity contribution is 0.0829. The van der Waals surface area contributed by atoms with Crippen molar-refractivity contribution in [3.8, 4) is 11.8 Å². The molecule has 0 amide bonds. The minimum absolute atomic E-state index is 0.0110. The van der Waals surface area contributed by atoms with Gasteiger partial charge in [-0.1, -0.05) is 12.1 Å². The number of anilines is 1. The highest BCUT2D eigenvalue weighted by Crippen LogP contribution is 2.50. The van der Waals surface area contributed by atoms with E-state index in [1.54, 1.807) is 6.07 Å². The van der Waals surface area contributed by atoms with Crippen LogP contribution in [-0.4, -0.2) is 11.7 Å². The normalized spacial score (nSPS) is 25.7. The van der Waals surface area contributed by atoms with Gasteiger partial charge < -0.3 is 15.2 Å². The maximum atomic E-state index is 9.75. The van der Waals surface area contributed by atoms with Crippen LogP contribution in [0, 0.1) is 17.2 Å². The Balaban J connectivity index is 1.79. The molecular formula is C18H16N2O2. The van der Waals surface area contributed by atoms with Crippen LogP contribution in [0.15, 0.2) is 42.5 Å². The van der Waals surface area contributed by atoms with Crippen molar-refractivity contribution in [2.24, 2.45) is 5.92 Å². The third kappa shape index (κ3) is 2.02. The zero-order valence-corrected chi connectivity index (χ0v) is 12.0. The number of ether oxygens (including phenoxy) is 1. The monoisotopic (exact) mass is 292 g/mol. The van der Waals surface area contributed by atoms with Crippen molar-refractivity contribution in [2.45, 2.75) is 18.6 Å². The Kier molecular flexibility index (Phi) is 3.02. The van der Waals surface area contributed by atoms with Gasteiger partial charge in [0.05, 0.1) is 23.8 Å². The molecule has 22 heavy (non-hydrogen) atoms. The van der Waals surface area contributed by atoms with Gasteiger partial charge in [-0.25, -0.2) is 0 Å². The van der Waals surface area contributed by atoms with E-state index in [0.29, 0.717) is 11.5 Å². The molecule has 0 aromatic heterocycles. The van der Waals surface area contributed by atoms with Crippen LogP contribution >= 0.6 is 0 Å². The molecule has 2 N–H and O–H groups in total. The fraction of sp³-hybridized carbons (Fsp3) is 0.278. The zero-order valence-electron chi connectivity index (χ0n) is 12.0. The van der Waals surface area contributed by atoms with E-state index in [-0.39, 0.29) is 17.9 Å². The minimum atomic E-state index is 0.0110. The van der Waals surface area contributed by atoms with Crippen LogP contribution < -0.4 is 5.32 Å². The summed E-state index contributed by atoms with van der Waals surface area (Å²) in [5.41, 5.74) is 3.80. The number of hydrogen-bond donors (Lipinski definition) is 2. The lowest BCUT2D eigenvalue weighted by Crippen LogP contribution is -2.29. The lowest BCUT2D eigenvalue weighted by atomic mass is 9.80. The van der Waals surface area contributed by atoms with Crippen molar-refractivity contribution in [1.82, 2.24) is 0 Å². The Morgan fingerprint density at radius 3 is 2.95 bits per heavy atom. The van der Waals surface area contributed by atoms with Gasteiger partial charge in [-0.05, 0) is 42.3 Å². The number of aromatic hydroxyl groups is 1. The average molecular weight is 292 g/mol. The maximum Gasteiger partial charge on any atom is 0.115 e. The molecule has 3 atom stereocenters. The first-order valence-electron chi connectivity index (χ1n) is 7.47. The highest BCUT2D eigenvalue weighted by Gasteiger charge is 2.41. The SMILES string of the molecule is N#Cc1ccc2c(c1)C1OCCC1C(c1cccc(O)c1)N2. The Morgan fingerprint density at radius 2 is 2.14 bits per heavy atom. The van der Waals surface area contributed by atoms with Crippen molar-refractivity contribution in [3.63, 3.8) is 0 Å². The van der Waals surface area contributed by atoms with E-state index in [2.05, 4.69) is 11.4 Å². The van der Waals surface area contributed by atoms with Crippen LogP contribution in [0.2, 0.25) is 0 Å². The molecule has 4 nitrogen and oxygen atoms in total. The van der Waals surface area contributed by atoms with E-state index in [1.807, 2.05) is 36.4 Å². The summed E-state index contributed by atoms with van der Waals surface area (Å²) in [7, 11) is 0. The number of nitrogens with one attached hydrogen (secondary N) is 1. The molecule has 0 radical (unpaired) electrons. The van der Waals surface area contributed by atoms with Gasteiger partial charge >= 0.3 is 0 Å². The smallest absolute Gasteiger partial charge is 0.115 e. The Hall–Kier alpha value is -2.51. The first-order valence-corrected chi connectivity index (χ1v) is 7.47. The Labute approximate surface area is 129 Å². The van der Waals surface area contributed by atoms with E-state index < -0.39 is 0 Å². The minimum Gasteiger partial charge on any atom is -0.508 e. The molecule has 3 unspecified atom stereocenters. The lowest BCUT2D eigenvalue weighted by Gasteiger charge is -2.36. The van der Waals surface area contributed by atoms with Crippen LogP contribution in [0.4, 0.5) is 5.69 Å². The van der Waals surface area contributed by atoms with E-state index >= 15 is 0 Å². The second-order valence-electron chi connectivity index (χ2n) is 5.87. The van der Waals surface area contributed by atoms with Crippen molar-refractivity contribution in [2.75, 3.05) is 11.9 Å². The second kappa shape index (κ2) is 5.04. The number of nitriles is 1. The van der Waals surface area contributed by atoms with Crippen LogP contribution in [-0.2, 0) is 4.74 Å². The highest BCUT2D eigenvalue weighted by molar-refractivity contribution is 5.60. The molecule has 2 aliphatic rings. The third-order valence-electron chi connectivity index (χ3n) is 4.59. The summed E-state index contributed by atoms with van der Waals surface area (Å²) in [5, 5.41) is 22.4. The summed E-state index contributed by atoms with van der Waals surface area (Å²) in [4.78, 5) is 0. The first kappa shape index (κ1) is 13.2. The van der Waals surface area contributed by atoms with Gasteiger partial charge in [0.2, 0.25) is 0 Å². The molecule has 2 aromatic rings. The summed E-state index contributed by atoms with van der Waals surface area (Å²) < 4.78 is 5.95. The molecule has 2 aromatic carbocycles. The standard InChI is InChI=1S/C18H16N2O2/c19-10-11-4-5-16-15(8-11)18-14(6-7-22-18)17(20-16)12-2-1-3-13(21)9-12/h1-5,8-9,14,17-18,20-21H,6-7H2. The summed E-state index contributed by atoms with van der Waals surface area (Å²) in [6.07, 6.45) is 0.977. The molecule has 110 valence electrons. The molecule has 4 heteroatoms. The van der Waals surface area contributed by atoms with Crippen molar-refractivity contribution in [1.29, 1.82) is 5.26 Å². The van der Waals surface area contributed by atoms with Gasteiger partial charge in [0.25, 0.3) is 0 Å². The van der Waals surface area contributed by atoms with E-state index in [9.17, 15) is 5.11 Å². The van der Waals surface area contributed by atoms with E-state index in [0.717, 1.165) is 29.8 Å². The molecule has 2 aliphatic heterocycles. The van der Waals surface area contributed by atoms with Crippen LogP contribution in [0.25, 0.3) is 0 Å². The van der Waals surface area contributed by atoms with Gasteiger partial charge in [-0.15, -0.1) is 0 Å². The predicted octanol–water partition coefficient (Wildman–Crippen LogP) is 3.51. The second-order valence-corrected chi connectivity index (χ2v) is 5.87. The topological polar surface area (TPSA) is 65.3 Å². The summed E-state index contributed by atoms with van der Waals surface area (Å²) in [6.45, 7) is 0.725. The largest absolute Gasteiger partial charge is 0.508 e. The molecule has 4 rings (SSSR count). The average Bonchev–Trinajstić information content (AvgIpc) is 3.03. The number of nitrogens with zero attached hydrogens (tertiary/aromatic N) is 1. The van der Waals surface area contributed by atoms with Gasteiger partial charge in [0.15, 0.2) is 0 Å². The number of fused-ring (bicyclic) bond motifs is 3. The van der Waals surface area contributed by atoms with Gasteiger partial charge in [-0.3, -0.25) is 0 Å². The Morgan fingerprint density at radius 1 is 1.23 bits per heavy atom. The number of phenols is 1. The molecule has 2 heterocycles. The highest BCUT2D eigenvalue weighted by atomic mass is 16.5. The van der Waals surface area contributed by atoms with Crippen LogP contribution in [0.5, 0.6) is 5.75 Å². The zero-order chi connectivity index (χ0) is 15.1. The fourth-order valence-corrected chi connectivity index (χ4v) is 3.59. The third-order valence-corrected chi connectivity index (χ3v) is 4.59. The maximum absolute atomic E-state index is 9.75. The fourth-order valence-electron chi connectivity index (χ4n) is 3.59. The van der Waals surface area contributed by atoms with Crippen molar-refractivity contribution in [3.05, 3.63) is 59.2 Å². The Bertz CT molecular complexity index is 766. The molecule has 0 aliphatic carbocycles. The van der Waals surface area contributed by atoms with Crippen LogP contribution in [0.1, 0.15) is 35.3 Å². The molecule has 1 fully saturated rings. The summed E-state index contributed by atoms with van der Waals surface area (Å²) in [6, 6.07) is 15.4. The van der Waals surface area contributed by atoms with E-state index in [4.69, 9.17) is 10.00 Å².